The number of anilines is 1. The molecule has 0 radical (unpaired) electrons. The molecule has 1 aromatic carbocycles. The van der Waals surface area contributed by atoms with Crippen LogP contribution in [0.2, 0.25) is 0 Å². The topological polar surface area (TPSA) is 67.4 Å². The lowest BCUT2D eigenvalue weighted by Crippen LogP contribution is -2.31. The molecule has 114 valence electrons. The normalized spacial score (nSPS) is 11.9. The standard InChI is InChI=1S/C12H18F2N2O3S/c1-9(2)15-7-8-20(17,18)16-10-5-3-4-6-11(10)19-12(13)14/h3-6,9,12,15-16H,7-8H2,1-2H3. The Hall–Kier alpha value is -1.41. The van der Waals surface area contributed by atoms with Gasteiger partial charge in [-0.15, -0.1) is 0 Å². The van der Waals surface area contributed by atoms with Crippen molar-refractivity contribution in [3.63, 3.8) is 0 Å². The fourth-order valence-corrected chi connectivity index (χ4v) is 2.44. The smallest absolute Gasteiger partial charge is 0.387 e. The zero-order valence-electron chi connectivity index (χ0n) is 11.3. The molecule has 1 rings (SSSR count). The SMILES string of the molecule is CC(C)NCCS(=O)(=O)Nc1ccccc1OC(F)F. The van der Waals surface area contributed by atoms with Crippen molar-refractivity contribution in [3.8, 4) is 5.75 Å². The largest absolute Gasteiger partial charge is 0.433 e. The van der Waals surface area contributed by atoms with Crippen molar-refractivity contribution in [1.82, 2.24) is 5.32 Å². The van der Waals surface area contributed by atoms with Crippen LogP contribution < -0.4 is 14.8 Å². The van der Waals surface area contributed by atoms with Gasteiger partial charge in [0.1, 0.15) is 5.75 Å². The molecule has 0 aliphatic carbocycles. The Morgan fingerprint density at radius 1 is 1.25 bits per heavy atom. The monoisotopic (exact) mass is 308 g/mol. The summed E-state index contributed by atoms with van der Waals surface area (Å²) in [6.45, 7) is 1.05. The quantitative estimate of drug-likeness (QED) is 0.771. The molecule has 0 fully saturated rings. The van der Waals surface area contributed by atoms with E-state index in [2.05, 4.69) is 14.8 Å². The Balaban J connectivity index is 2.71. The highest BCUT2D eigenvalue weighted by Gasteiger charge is 2.15. The second-order valence-corrected chi connectivity index (χ2v) is 6.25. The van der Waals surface area contributed by atoms with E-state index in [1.54, 1.807) is 0 Å². The van der Waals surface area contributed by atoms with Crippen LogP contribution in [0.15, 0.2) is 24.3 Å². The van der Waals surface area contributed by atoms with E-state index in [0.29, 0.717) is 0 Å². The van der Waals surface area contributed by atoms with Crippen molar-refractivity contribution in [1.29, 1.82) is 0 Å². The lowest BCUT2D eigenvalue weighted by atomic mass is 10.3. The third-order valence-electron chi connectivity index (χ3n) is 2.29. The minimum Gasteiger partial charge on any atom is -0.433 e. The molecule has 0 unspecified atom stereocenters. The van der Waals surface area contributed by atoms with Crippen LogP contribution in [-0.4, -0.2) is 33.4 Å². The van der Waals surface area contributed by atoms with Gasteiger partial charge in [0.25, 0.3) is 0 Å². The molecular formula is C12H18F2N2O3S. The van der Waals surface area contributed by atoms with Gasteiger partial charge in [-0.3, -0.25) is 4.72 Å². The number of sulfonamides is 1. The summed E-state index contributed by atoms with van der Waals surface area (Å²) in [5, 5.41) is 2.96. The van der Waals surface area contributed by atoms with Crippen molar-refractivity contribution < 1.29 is 21.9 Å². The summed E-state index contributed by atoms with van der Waals surface area (Å²) in [5.41, 5.74) is -0.00246. The lowest BCUT2D eigenvalue weighted by molar-refractivity contribution is -0.0493. The fraction of sp³-hybridized carbons (Fsp3) is 0.500. The molecule has 0 aliphatic rings. The van der Waals surface area contributed by atoms with Crippen LogP contribution in [-0.2, 0) is 10.0 Å². The van der Waals surface area contributed by atoms with Gasteiger partial charge in [0.2, 0.25) is 10.0 Å². The molecule has 1 aromatic rings. The number of hydrogen-bond donors (Lipinski definition) is 2. The van der Waals surface area contributed by atoms with E-state index < -0.39 is 16.6 Å². The zero-order valence-corrected chi connectivity index (χ0v) is 12.1. The molecule has 20 heavy (non-hydrogen) atoms. The summed E-state index contributed by atoms with van der Waals surface area (Å²) in [7, 11) is -3.63. The summed E-state index contributed by atoms with van der Waals surface area (Å²) >= 11 is 0. The van der Waals surface area contributed by atoms with Gasteiger partial charge in [-0.1, -0.05) is 26.0 Å². The number of benzene rings is 1. The highest BCUT2D eigenvalue weighted by Crippen LogP contribution is 2.26. The van der Waals surface area contributed by atoms with Crippen LogP contribution in [0.1, 0.15) is 13.8 Å². The maximum Gasteiger partial charge on any atom is 0.387 e. The average molecular weight is 308 g/mol. The van der Waals surface area contributed by atoms with E-state index in [1.165, 1.54) is 24.3 Å². The first-order chi connectivity index (χ1) is 9.30. The highest BCUT2D eigenvalue weighted by molar-refractivity contribution is 7.92. The predicted molar refractivity (Wildman–Crippen MR) is 73.6 cm³/mol. The summed E-state index contributed by atoms with van der Waals surface area (Å²) in [5.74, 6) is -0.364. The average Bonchev–Trinajstić information content (AvgIpc) is 2.29. The molecule has 0 bridgehead atoms. The summed E-state index contributed by atoms with van der Waals surface area (Å²) in [6, 6.07) is 5.82. The molecule has 0 aliphatic heterocycles. The molecule has 0 atom stereocenters. The van der Waals surface area contributed by atoms with Gasteiger partial charge in [-0.25, -0.2) is 8.42 Å². The highest BCUT2D eigenvalue weighted by atomic mass is 32.2. The minimum atomic E-state index is -3.63. The van der Waals surface area contributed by atoms with Crippen LogP contribution in [0.3, 0.4) is 0 Å². The van der Waals surface area contributed by atoms with E-state index in [-0.39, 0.29) is 29.8 Å². The molecule has 0 saturated carbocycles. The maximum atomic E-state index is 12.2. The van der Waals surface area contributed by atoms with Gasteiger partial charge in [-0.05, 0) is 12.1 Å². The molecule has 0 spiro atoms. The number of hydrogen-bond acceptors (Lipinski definition) is 4. The Labute approximate surface area is 117 Å². The predicted octanol–water partition coefficient (Wildman–Crippen LogP) is 2.03. The Morgan fingerprint density at radius 2 is 1.90 bits per heavy atom. The Kier molecular flexibility index (Phi) is 6.15. The lowest BCUT2D eigenvalue weighted by Gasteiger charge is -2.13. The number of alkyl halides is 2. The van der Waals surface area contributed by atoms with Crippen LogP contribution in [0.4, 0.5) is 14.5 Å². The molecule has 0 amide bonds. The summed E-state index contributed by atoms with van der Waals surface area (Å²) in [4.78, 5) is 0. The fourth-order valence-electron chi connectivity index (χ4n) is 1.45. The second-order valence-electron chi connectivity index (χ2n) is 4.40. The van der Waals surface area contributed by atoms with Crippen LogP contribution in [0, 0.1) is 0 Å². The first kappa shape index (κ1) is 16.6. The number of nitrogens with one attached hydrogen (secondary N) is 2. The van der Waals surface area contributed by atoms with Crippen LogP contribution in [0.5, 0.6) is 5.75 Å². The van der Waals surface area contributed by atoms with Gasteiger partial charge in [-0.2, -0.15) is 8.78 Å². The van der Waals surface area contributed by atoms with Gasteiger partial charge in [0, 0.05) is 12.6 Å². The number of rotatable bonds is 8. The second kappa shape index (κ2) is 7.39. The van der Waals surface area contributed by atoms with E-state index >= 15 is 0 Å². The molecule has 0 heterocycles. The zero-order chi connectivity index (χ0) is 15.2. The van der Waals surface area contributed by atoms with Crippen molar-refractivity contribution in [2.45, 2.75) is 26.5 Å². The van der Waals surface area contributed by atoms with Crippen LogP contribution >= 0.6 is 0 Å². The van der Waals surface area contributed by atoms with E-state index in [9.17, 15) is 17.2 Å². The third-order valence-corrected chi connectivity index (χ3v) is 3.56. The van der Waals surface area contributed by atoms with Gasteiger partial charge >= 0.3 is 6.61 Å². The van der Waals surface area contributed by atoms with Gasteiger partial charge in [0.05, 0.1) is 11.4 Å². The van der Waals surface area contributed by atoms with Crippen LogP contribution in [0.25, 0.3) is 0 Å². The van der Waals surface area contributed by atoms with Gasteiger partial charge in [0.15, 0.2) is 0 Å². The molecular weight excluding hydrogens is 290 g/mol. The van der Waals surface area contributed by atoms with Crippen molar-refractivity contribution in [2.75, 3.05) is 17.0 Å². The number of para-hydroxylation sites is 2. The first-order valence-corrected chi connectivity index (χ1v) is 7.73. The molecule has 8 heteroatoms. The van der Waals surface area contributed by atoms with E-state index in [1.807, 2.05) is 13.8 Å². The summed E-state index contributed by atoms with van der Waals surface area (Å²) in [6.07, 6.45) is 0. The molecule has 5 nitrogen and oxygen atoms in total. The van der Waals surface area contributed by atoms with E-state index in [4.69, 9.17) is 0 Å². The van der Waals surface area contributed by atoms with Crippen molar-refractivity contribution >= 4 is 15.7 Å². The number of halogens is 2. The van der Waals surface area contributed by atoms with Crippen molar-refractivity contribution in [3.05, 3.63) is 24.3 Å². The summed E-state index contributed by atoms with van der Waals surface area (Å²) < 4.78 is 54.6. The number of ether oxygens (including phenoxy) is 1. The molecule has 2 N–H and O–H groups in total. The van der Waals surface area contributed by atoms with Crippen molar-refractivity contribution in [2.24, 2.45) is 0 Å². The molecule has 0 aromatic heterocycles. The molecule has 0 saturated heterocycles. The van der Waals surface area contributed by atoms with Gasteiger partial charge < -0.3 is 10.1 Å². The van der Waals surface area contributed by atoms with E-state index in [0.717, 1.165) is 0 Å². The Morgan fingerprint density at radius 3 is 2.50 bits per heavy atom. The Bertz CT molecular complexity index is 521. The maximum absolute atomic E-state index is 12.2. The third kappa shape index (κ3) is 6.16. The minimum absolute atomic E-state index is 0.00246. The first-order valence-electron chi connectivity index (χ1n) is 6.08.